The molecule has 0 radical (unpaired) electrons. The van der Waals surface area contributed by atoms with Gasteiger partial charge in [0.1, 0.15) is 5.01 Å². The highest BCUT2D eigenvalue weighted by Crippen LogP contribution is 2.31. The third-order valence-corrected chi connectivity index (χ3v) is 7.08. The van der Waals surface area contributed by atoms with Crippen LogP contribution in [-0.2, 0) is 10.0 Å². The molecule has 5 nitrogen and oxygen atoms in total. The summed E-state index contributed by atoms with van der Waals surface area (Å²) >= 11 is 18.8. The highest BCUT2D eigenvalue weighted by Gasteiger charge is 2.20. The summed E-state index contributed by atoms with van der Waals surface area (Å²) in [5.41, 5.74) is 1.00. The molecule has 1 N–H and O–H groups in total. The maximum Gasteiger partial charge on any atom is 0.263 e. The average molecular weight is 449 g/mol. The van der Waals surface area contributed by atoms with Gasteiger partial charge < -0.3 is 0 Å². The molecule has 0 aliphatic heterocycles. The predicted molar refractivity (Wildman–Crippen MR) is 106 cm³/mol. The van der Waals surface area contributed by atoms with Crippen molar-refractivity contribution in [3.63, 3.8) is 0 Å². The van der Waals surface area contributed by atoms with Crippen molar-refractivity contribution in [1.82, 2.24) is 10.2 Å². The van der Waals surface area contributed by atoms with Crippen molar-refractivity contribution in [3.05, 3.63) is 68.1 Å². The van der Waals surface area contributed by atoms with Gasteiger partial charge in [-0.05, 0) is 35.9 Å². The highest BCUT2D eigenvalue weighted by atomic mass is 35.5. The lowest BCUT2D eigenvalue weighted by Crippen LogP contribution is -2.12. The number of benzene rings is 2. The summed E-state index contributed by atoms with van der Waals surface area (Å²) in [5, 5.41) is 9.94. The molecule has 1 aromatic heterocycles. The van der Waals surface area contributed by atoms with E-state index >= 15 is 0 Å². The SMILES string of the molecule is CC(c1ccc(Cl)cc1)c1nnc(NS(=O)(=O)c2ccc(Cl)c(Cl)c2)s1. The van der Waals surface area contributed by atoms with Crippen molar-refractivity contribution >= 4 is 61.3 Å². The molecule has 0 bridgehead atoms. The molecule has 0 spiro atoms. The minimum atomic E-state index is -3.84. The van der Waals surface area contributed by atoms with Crippen LogP contribution in [0.3, 0.4) is 0 Å². The molecule has 10 heteroatoms. The Morgan fingerprint density at radius 2 is 1.69 bits per heavy atom. The van der Waals surface area contributed by atoms with E-state index < -0.39 is 10.0 Å². The Bertz CT molecular complexity index is 1040. The molecule has 136 valence electrons. The molecular weight excluding hydrogens is 437 g/mol. The molecule has 1 unspecified atom stereocenters. The van der Waals surface area contributed by atoms with Gasteiger partial charge in [0.15, 0.2) is 0 Å². The number of halogens is 3. The van der Waals surface area contributed by atoms with Crippen LogP contribution in [0.15, 0.2) is 47.4 Å². The van der Waals surface area contributed by atoms with Crippen LogP contribution in [0.2, 0.25) is 15.1 Å². The van der Waals surface area contributed by atoms with Gasteiger partial charge >= 0.3 is 0 Å². The summed E-state index contributed by atoms with van der Waals surface area (Å²) in [7, 11) is -3.84. The van der Waals surface area contributed by atoms with Crippen LogP contribution in [0.5, 0.6) is 0 Å². The van der Waals surface area contributed by atoms with Crippen molar-refractivity contribution in [1.29, 1.82) is 0 Å². The molecule has 1 heterocycles. The van der Waals surface area contributed by atoms with E-state index in [1.807, 2.05) is 19.1 Å². The van der Waals surface area contributed by atoms with E-state index in [0.29, 0.717) is 10.0 Å². The van der Waals surface area contributed by atoms with Crippen LogP contribution in [0, 0.1) is 0 Å². The fourth-order valence-corrected chi connectivity index (χ4v) is 4.73. The first-order chi connectivity index (χ1) is 12.3. The molecule has 0 aliphatic rings. The molecule has 3 aromatic rings. The highest BCUT2D eigenvalue weighted by molar-refractivity contribution is 7.93. The van der Waals surface area contributed by atoms with E-state index in [9.17, 15) is 8.42 Å². The Morgan fingerprint density at radius 3 is 2.35 bits per heavy atom. The van der Waals surface area contributed by atoms with Crippen molar-refractivity contribution < 1.29 is 8.42 Å². The number of anilines is 1. The van der Waals surface area contributed by atoms with E-state index in [-0.39, 0.29) is 26.0 Å². The molecule has 26 heavy (non-hydrogen) atoms. The minimum Gasteiger partial charge on any atom is -0.253 e. The zero-order valence-electron chi connectivity index (χ0n) is 13.3. The molecule has 3 rings (SSSR count). The van der Waals surface area contributed by atoms with Crippen LogP contribution < -0.4 is 4.72 Å². The number of hydrogen-bond donors (Lipinski definition) is 1. The zero-order chi connectivity index (χ0) is 18.9. The Balaban J connectivity index is 1.81. The first-order valence-corrected chi connectivity index (χ1v) is 10.8. The third-order valence-electron chi connectivity index (χ3n) is 3.60. The van der Waals surface area contributed by atoms with Crippen molar-refractivity contribution in [3.8, 4) is 0 Å². The van der Waals surface area contributed by atoms with Crippen LogP contribution in [0.1, 0.15) is 23.4 Å². The molecule has 0 aliphatic carbocycles. The van der Waals surface area contributed by atoms with Crippen LogP contribution >= 0.6 is 46.1 Å². The monoisotopic (exact) mass is 447 g/mol. The van der Waals surface area contributed by atoms with Crippen LogP contribution in [-0.4, -0.2) is 18.6 Å². The van der Waals surface area contributed by atoms with E-state index in [2.05, 4.69) is 14.9 Å². The number of rotatable bonds is 5. The number of sulfonamides is 1. The molecule has 0 saturated carbocycles. The zero-order valence-corrected chi connectivity index (χ0v) is 17.2. The molecule has 1 atom stereocenters. The molecular formula is C16H12Cl3N3O2S2. The second-order valence-corrected chi connectivity index (χ2v) is 9.34. The van der Waals surface area contributed by atoms with Gasteiger partial charge in [-0.15, -0.1) is 10.2 Å². The standard InChI is InChI=1S/C16H12Cl3N3O2S2/c1-9(10-2-4-11(17)5-3-10)15-20-21-16(25-15)22-26(23,24)12-6-7-13(18)14(19)8-12/h2-9H,1H3,(H,21,22). The van der Waals surface area contributed by atoms with Crippen molar-refractivity contribution in [2.24, 2.45) is 0 Å². The van der Waals surface area contributed by atoms with Crippen molar-refractivity contribution in [2.75, 3.05) is 4.72 Å². The molecule has 0 saturated heterocycles. The quantitative estimate of drug-likeness (QED) is 0.563. The topological polar surface area (TPSA) is 72.0 Å². The second kappa shape index (κ2) is 7.70. The van der Waals surface area contributed by atoms with Gasteiger partial charge in [0.25, 0.3) is 10.0 Å². The van der Waals surface area contributed by atoms with Crippen molar-refractivity contribution in [2.45, 2.75) is 17.7 Å². The van der Waals surface area contributed by atoms with Gasteiger partial charge in [-0.3, -0.25) is 4.72 Å². The number of aromatic nitrogens is 2. The average Bonchev–Trinajstić information content (AvgIpc) is 3.05. The lowest BCUT2D eigenvalue weighted by atomic mass is 10.0. The lowest BCUT2D eigenvalue weighted by molar-refractivity contribution is 0.601. The Labute approximate surface area is 170 Å². The largest absolute Gasteiger partial charge is 0.263 e. The van der Waals surface area contributed by atoms with E-state index in [0.717, 1.165) is 16.9 Å². The summed E-state index contributed by atoms with van der Waals surface area (Å²) in [5.74, 6) is -0.0482. The van der Waals surface area contributed by atoms with Crippen LogP contribution in [0.25, 0.3) is 0 Å². The van der Waals surface area contributed by atoms with Gasteiger partial charge in [-0.25, -0.2) is 8.42 Å². The Morgan fingerprint density at radius 1 is 1.00 bits per heavy atom. The molecule has 0 amide bonds. The van der Waals surface area contributed by atoms with E-state index in [4.69, 9.17) is 34.8 Å². The number of nitrogens with one attached hydrogen (secondary N) is 1. The maximum atomic E-state index is 12.5. The summed E-state index contributed by atoms with van der Waals surface area (Å²) < 4.78 is 27.3. The summed E-state index contributed by atoms with van der Waals surface area (Å²) in [6, 6.07) is 11.5. The second-order valence-electron chi connectivity index (χ2n) is 5.40. The van der Waals surface area contributed by atoms with E-state index in [1.54, 1.807) is 12.1 Å². The number of hydrogen-bond acceptors (Lipinski definition) is 5. The van der Waals surface area contributed by atoms with Gasteiger partial charge in [0, 0.05) is 10.9 Å². The van der Waals surface area contributed by atoms with Gasteiger partial charge in [-0.2, -0.15) is 0 Å². The van der Waals surface area contributed by atoms with E-state index in [1.165, 1.54) is 18.2 Å². The normalized spacial score (nSPS) is 12.8. The number of nitrogens with zero attached hydrogens (tertiary/aromatic N) is 2. The predicted octanol–water partition coefficient (Wildman–Crippen LogP) is 5.45. The molecule has 2 aromatic carbocycles. The Kier molecular flexibility index (Phi) is 5.74. The third kappa shape index (κ3) is 4.29. The summed E-state index contributed by atoms with van der Waals surface area (Å²) in [6.07, 6.45) is 0. The first kappa shape index (κ1) is 19.4. The fraction of sp³-hybridized carbons (Fsp3) is 0.125. The summed E-state index contributed by atoms with van der Waals surface area (Å²) in [4.78, 5) is -0.00519. The lowest BCUT2D eigenvalue weighted by Gasteiger charge is -2.08. The maximum absolute atomic E-state index is 12.5. The fourth-order valence-electron chi connectivity index (χ4n) is 2.16. The van der Waals surface area contributed by atoms with Gasteiger partial charge in [0.2, 0.25) is 5.13 Å². The van der Waals surface area contributed by atoms with Gasteiger partial charge in [-0.1, -0.05) is 65.2 Å². The summed E-state index contributed by atoms with van der Waals surface area (Å²) in [6.45, 7) is 1.96. The van der Waals surface area contributed by atoms with Crippen LogP contribution in [0.4, 0.5) is 5.13 Å². The smallest absolute Gasteiger partial charge is 0.253 e. The minimum absolute atomic E-state index is 0.00519. The van der Waals surface area contributed by atoms with Gasteiger partial charge in [0.05, 0.1) is 14.9 Å². The molecule has 0 fully saturated rings. The first-order valence-electron chi connectivity index (χ1n) is 7.33. The Hall–Kier alpha value is -1.38.